The monoisotopic (exact) mass is 380 g/mol. The van der Waals surface area contributed by atoms with Gasteiger partial charge < -0.3 is 14.6 Å². The van der Waals surface area contributed by atoms with E-state index < -0.39 is 0 Å². The molecule has 5 nitrogen and oxygen atoms in total. The van der Waals surface area contributed by atoms with Crippen LogP contribution in [0.1, 0.15) is 42.5 Å². The lowest BCUT2D eigenvalue weighted by molar-refractivity contribution is 0.0735. The van der Waals surface area contributed by atoms with Crippen molar-refractivity contribution in [3.05, 3.63) is 74.9 Å². The molecule has 0 spiro atoms. The highest BCUT2D eigenvalue weighted by Crippen LogP contribution is 2.27. The van der Waals surface area contributed by atoms with Gasteiger partial charge in [-0.2, -0.15) is 0 Å². The number of furan rings is 1. The summed E-state index contributed by atoms with van der Waals surface area (Å²) in [6.45, 7) is 4.97. The summed E-state index contributed by atoms with van der Waals surface area (Å²) in [7, 11) is 0. The molecule has 2 aromatic heterocycles. The van der Waals surface area contributed by atoms with Crippen molar-refractivity contribution in [2.75, 3.05) is 11.9 Å². The van der Waals surface area contributed by atoms with Crippen LogP contribution in [-0.4, -0.2) is 23.3 Å². The lowest BCUT2D eigenvalue weighted by atomic mass is 10.0. The third kappa shape index (κ3) is 3.28. The zero-order valence-corrected chi connectivity index (χ0v) is 16.1. The lowest BCUT2D eigenvalue weighted by Crippen LogP contribution is -2.35. The Morgan fingerprint density at radius 3 is 2.78 bits per heavy atom. The largest absolute Gasteiger partial charge is 0.469 e. The third-order valence-corrected chi connectivity index (χ3v) is 6.03. The highest BCUT2D eigenvalue weighted by molar-refractivity contribution is 7.10. The van der Waals surface area contributed by atoms with E-state index in [1.807, 2.05) is 24.0 Å². The van der Waals surface area contributed by atoms with E-state index in [1.54, 1.807) is 30.4 Å². The van der Waals surface area contributed by atoms with Crippen LogP contribution in [0.5, 0.6) is 0 Å². The Kier molecular flexibility index (Phi) is 4.58. The SMILES string of the molecule is Cc1occc1C(=O)Nc1cccc(C(=O)N2CCc3sccc3C2)c1C. The van der Waals surface area contributed by atoms with Crippen molar-refractivity contribution in [2.45, 2.75) is 26.8 Å². The van der Waals surface area contributed by atoms with Crippen LogP contribution in [0.15, 0.2) is 46.4 Å². The number of hydrogen-bond acceptors (Lipinski definition) is 4. The minimum Gasteiger partial charge on any atom is -0.469 e. The van der Waals surface area contributed by atoms with Crippen molar-refractivity contribution in [3.63, 3.8) is 0 Å². The van der Waals surface area contributed by atoms with Crippen LogP contribution in [0, 0.1) is 13.8 Å². The Hall–Kier alpha value is -2.86. The van der Waals surface area contributed by atoms with Gasteiger partial charge in [-0.15, -0.1) is 11.3 Å². The summed E-state index contributed by atoms with van der Waals surface area (Å²) >= 11 is 1.75. The first-order valence-electron chi connectivity index (χ1n) is 8.84. The Bertz CT molecular complexity index is 1020. The number of anilines is 1. The number of nitrogens with zero attached hydrogens (tertiary/aromatic N) is 1. The van der Waals surface area contributed by atoms with E-state index in [2.05, 4.69) is 16.8 Å². The zero-order chi connectivity index (χ0) is 19.0. The second-order valence-corrected chi connectivity index (χ2v) is 7.67. The lowest BCUT2D eigenvalue weighted by Gasteiger charge is -2.28. The molecule has 1 N–H and O–H groups in total. The highest BCUT2D eigenvalue weighted by Gasteiger charge is 2.24. The Morgan fingerprint density at radius 2 is 2.00 bits per heavy atom. The number of fused-ring (bicyclic) bond motifs is 1. The first-order chi connectivity index (χ1) is 13.0. The number of thiophene rings is 1. The molecule has 1 aliphatic heterocycles. The number of hydrogen-bond donors (Lipinski definition) is 1. The second kappa shape index (κ2) is 7.04. The summed E-state index contributed by atoms with van der Waals surface area (Å²) in [5.41, 5.74) is 3.76. The summed E-state index contributed by atoms with van der Waals surface area (Å²) in [6.07, 6.45) is 2.39. The van der Waals surface area contributed by atoms with E-state index in [0.717, 1.165) is 18.5 Å². The Morgan fingerprint density at radius 1 is 1.15 bits per heavy atom. The molecule has 138 valence electrons. The van der Waals surface area contributed by atoms with Gasteiger partial charge in [-0.3, -0.25) is 9.59 Å². The van der Waals surface area contributed by atoms with Crippen molar-refractivity contribution < 1.29 is 14.0 Å². The van der Waals surface area contributed by atoms with Gasteiger partial charge in [0.15, 0.2) is 0 Å². The smallest absolute Gasteiger partial charge is 0.259 e. The number of nitrogens with one attached hydrogen (secondary N) is 1. The molecule has 0 fully saturated rings. The molecule has 27 heavy (non-hydrogen) atoms. The van der Waals surface area contributed by atoms with Crippen LogP contribution in [0.25, 0.3) is 0 Å². The second-order valence-electron chi connectivity index (χ2n) is 6.67. The molecule has 3 aromatic rings. The van der Waals surface area contributed by atoms with Gasteiger partial charge in [0.2, 0.25) is 0 Å². The van der Waals surface area contributed by atoms with E-state index in [1.165, 1.54) is 16.7 Å². The Balaban J connectivity index is 1.56. The predicted molar refractivity (Wildman–Crippen MR) is 105 cm³/mol. The van der Waals surface area contributed by atoms with Gasteiger partial charge in [-0.1, -0.05) is 6.07 Å². The topological polar surface area (TPSA) is 62.6 Å². The van der Waals surface area contributed by atoms with Gasteiger partial charge >= 0.3 is 0 Å². The number of carbonyl (C=O) groups excluding carboxylic acids is 2. The quantitative estimate of drug-likeness (QED) is 0.732. The molecule has 0 bridgehead atoms. The summed E-state index contributed by atoms with van der Waals surface area (Å²) in [4.78, 5) is 28.8. The van der Waals surface area contributed by atoms with E-state index in [-0.39, 0.29) is 11.8 Å². The van der Waals surface area contributed by atoms with Crippen LogP contribution < -0.4 is 5.32 Å². The molecule has 1 aliphatic rings. The molecule has 0 saturated carbocycles. The van der Waals surface area contributed by atoms with Crippen LogP contribution in [0.2, 0.25) is 0 Å². The minimum atomic E-state index is -0.241. The molecule has 4 rings (SSSR count). The standard InChI is InChI=1S/C21H20N2O3S/c1-13-16(21(25)23-9-6-19-15(12-23)8-11-27-19)4-3-5-18(13)22-20(24)17-7-10-26-14(17)2/h3-5,7-8,10-11H,6,9,12H2,1-2H3,(H,22,24). The van der Waals surface area contributed by atoms with Gasteiger partial charge in [0.1, 0.15) is 5.76 Å². The van der Waals surface area contributed by atoms with Crippen LogP contribution in [-0.2, 0) is 13.0 Å². The van der Waals surface area contributed by atoms with Crippen molar-refractivity contribution in [3.8, 4) is 0 Å². The van der Waals surface area contributed by atoms with E-state index in [0.29, 0.717) is 29.1 Å². The molecule has 3 heterocycles. The molecule has 0 saturated heterocycles. The first-order valence-corrected chi connectivity index (χ1v) is 9.72. The van der Waals surface area contributed by atoms with Crippen molar-refractivity contribution in [1.82, 2.24) is 4.90 Å². The molecular weight excluding hydrogens is 360 g/mol. The van der Waals surface area contributed by atoms with Gasteiger partial charge in [0.25, 0.3) is 11.8 Å². The summed E-state index contributed by atoms with van der Waals surface area (Å²) in [5.74, 6) is 0.326. The summed E-state index contributed by atoms with van der Waals surface area (Å²) < 4.78 is 5.20. The first kappa shape index (κ1) is 17.5. The van der Waals surface area contributed by atoms with Crippen LogP contribution in [0.3, 0.4) is 0 Å². The molecule has 0 atom stereocenters. The number of carbonyl (C=O) groups is 2. The summed E-state index contributed by atoms with van der Waals surface area (Å²) in [6, 6.07) is 9.17. The summed E-state index contributed by atoms with van der Waals surface area (Å²) in [5, 5.41) is 4.98. The molecule has 1 aromatic carbocycles. The maximum absolute atomic E-state index is 13.1. The third-order valence-electron chi connectivity index (χ3n) is 5.01. The predicted octanol–water partition coefficient (Wildman–Crippen LogP) is 4.41. The van der Waals surface area contributed by atoms with Crippen LogP contribution >= 0.6 is 11.3 Å². The number of benzene rings is 1. The van der Waals surface area contributed by atoms with Gasteiger partial charge in [0.05, 0.1) is 11.8 Å². The maximum Gasteiger partial charge on any atom is 0.259 e. The fourth-order valence-corrected chi connectivity index (χ4v) is 4.29. The van der Waals surface area contributed by atoms with E-state index in [4.69, 9.17) is 4.42 Å². The van der Waals surface area contributed by atoms with Gasteiger partial charge in [0, 0.05) is 29.2 Å². The van der Waals surface area contributed by atoms with Crippen molar-refractivity contribution in [2.24, 2.45) is 0 Å². The average molecular weight is 380 g/mol. The normalized spacial score (nSPS) is 13.3. The number of aryl methyl sites for hydroxylation is 1. The molecule has 0 aliphatic carbocycles. The van der Waals surface area contributed by atoms with Crippen molar-refractivity contribution >= 4 is 28.8 Å². The molecule has 2 amide bonds. The Labute approximate surface area is 161 Å². The van der Waals surface area contributed by atoms with Crippen LogP contribution in [0.4, 0.5) is 5.69 Å². The number of rotatable bonds is 3. The van der Waals surface area contributed by atoms with E-state index >= 15 is 0 Å². The molecule has 6 heteroatoms. The maximum atomic E-state index is 13.1. The zero-order valence-electron chi connectivity index (χ0n) is 15.2. The van der Waals surface area contributed by atoms with Gasteiger partial charge in [-0.05, 0) is 61.0 Å². The molecule has 0 radical (unpaired) electrons. The highest BCUT2D eigenvalue weighted by atomic mass is 32.1. The fourth-order valence-electron chi connectivity index (χ4n) is 3.41. The average Bonchev–Trinajstić information content (AvgIpc) is 3.30. The minimum absolute atomic E-state index is 0.0000550. The molecule has 0 unspecified atom stereocenters. The van der Waals surface area contributed by atoms with E-state index in [9.17, 15) is 9.59 Å². The number of amides is 2. The van der Waals surface area contributed by atoms with Gasteiger partial charge in [-0.25, -0.2) is 0 Å². The fraction of sp³-hybridized carbons (Fsp3) is 0.238. The van der Waals surface area contributed by atoms with Crippen molar-refractivity contribution in [1.29, 1.82) is 0 Å². The molecular formula is C21H20N2O3S.